The first-order valence-corrected chi connectivity index (χ1v) is 5.85. The molecule has 0 saturated carbocycles. The van der Waals surface area contributed by atoms with E-state index in [1.807, 2.05) is 36.4 Å². The van der Waals surface area contributed by atoms with E-state index in [4.69, 9.17) is 5.26 Å². The third-order valence-corrected chi connectivity index (χ3v) is 2.48. The zero-order chi connectivity index (χ0) is 12.6. The van der Waals surface area contributed by atoms with Gasteiger partial charge in [0.2, 0.25) is 0 Å². The molecule has 0 aliphatic carbocycles. The summed E-state index contributed by atoms with van der Waals surface area (Å²) in [7, 11) is 0. The van der Waals surface area contributed by atoms with Crippen molar-refractivity contribution in [3.63, 3.8) is 0 Å². The lowest BCUT2D eigenvalue weighted by molar-refractivity contribution is 0.949. The highest BCUT2D eigenvalue weighted by atomic mass is 15.0. The van der Waals surface area contributed by atoms with Gasteiger partial charge in [0.05, 0.1) is 18.2 Å². The standard InChI is InChI=1S/C14H14N4/c15-9-7-13-5-3-6-14(18-13)17-11-8-12-4-1-2-10-16-12/h1-6,10H,7-8,11H2,(H,17,18). The van der Waals surface area contributed by atoms with Gasteiger partial charge in [0.25, 0.3) is 0 Å². The van der Waals surface area contributed by atoms with E-state index in [0.717, 1.165) is 30.2 Å². The average molecular weight is 238 g/mol. The number of nitriles is 1. The molecule has 0 spiro atoms. The molecule has 0 bridgehead atoms. The Hall–Kier alpha value is -2.41. The van der Waals surface area contributed by atoms with Crippen LogP contribution in [-0.2, 0) is 12.8 Å². The lowest BCUT2D eigenvalue weighted by Crippen LogP contribution is -2.07. The van der Waals surface area contributed by atoms with Crippen LogP contribution in [0.2, 0.25) is 0 Å². The quantitative estimate of drug-likeness (QED) is 0.867. The molecule has 0 aliphatic rings. The van der Waals surface area contributed by atoms with Crippen molar-refractivity contribution in [2.24, 2.45) is 0 Å². The largest absolute Gasteiger partial charge is 0.370 e. The molecular formula is C14H14N4. The fourth-order valence-electron chi connectivity index (χ4n) is 1.62. The molecule has 0 radical (unpaired) electrons. The van der Waals surface area contributed by atoms with Crippen LogP contribution in [0.5, 0.6) is 0 Å². The lowest BCUT2D eigenvalue weighted by Gasteiger charge is -2.06. The zero-order valence-corrected chi connectivity index (χ0v) is 10.0. The van der Waals surface area contributed by atoms with E-state index in [9.17, 15) is 0 Å². The molecule has 90 valence electrons. The van der Waals surface area contributed by atoms with Crippen molar-refractivity contribution in [2.45, 2.75) is 12.8 Å². The Morgan fingerprint density at radius 2 is 2.00 bits per heavy atom. The Morgan fingerprint density at radius 3 is 2.78 bits per heavy atom. The van der Waals surface area contributed by atoms with E-state index < -0.39 is 0 Å². The minimum atomic E-state index is 0.343. The summed E-state index contributed by atoms with van der Waals surface area (Å²) in [6, 6.07) is 13.6. The molecule has 18 heavy (non-hydrogen) atoms. The molecule has 0 fully saturated rings. The maximum absolute atomic E-state index is 8.62. The van der Waals surface area contributed by atoms with Crippen LogP contribution in [0.4, 0.5) is 5.82 Å². The number of hydrogen-bond acceptors (Lipinski definition) is 4. The highest BCUT2D eigenvalue weighted by molar-refractivity contribution is 5.35. The van der Waals surface area contributed by atoms with E-state index in [2.05, 4.69) is 21.4 Å². The summed E-state index contributed by atoms with van der Waals surface area (Å²) in [5, 5.41) is 11.8. The maximum Gasteiger partial charge on any atom is 0.126 e. The molecule has 2 heterocycles. The molecule has 0 aliphatic heterocycles. The SMILES string of the molecule is N#CCc1cccc(NCCc2ccccn2)n1. The number of aromatic nitrogens is 2. The van der Waals surface area contributed by atoms with E-state index in [0.29, 0.717) is 6.42 Å². The normalized spacial score (nSPS) is 9.72. The van der Waals surface area contributed by atoms with Gasteiger partial charge in [-0.2, -0.15) is 5.26 Å². The lowest BCUT2D eigenvalue weighted by atomic mass is 10.2. The zero-order valence-electron chi connectivity index (χ0n) is 10.0. The Morgan fingerprint density at radius 1 is 1.11 bits per heavy atom. The number of pyridine rings is 2. The van der Waals surface area contributed by atoms with Crippen molar-refractivity contribution in [3.05, 3.63) is 54.0 Å². The summed E-state index contributed by atoms with van der Waals surface area (Å²) in [6.07, 6.45) is 2.99. The molecule has 1 N–H and O–H groups in total. The Balaban J connectivity index is 1.87. The third kappa shape index (κ3) is 3.56. The van der Waals surface area contributed by atoms with Crippen molar-refractivity contribution < 1.29 is 0 Å². The van der Waals surface area contributed by atoms with Crippen molar-refractivity contribution in [1.29, 1.82) is 5.26 Å². The van der Waals surface area contributed by atoms with Gasteiger partial charge in [-0.25, -0.2) is 4.98 Å². The highest BCUT2D eigenvalue weighted by Crippen LogP contribution is 2.05. The topological polar surface area (TPSA) is 61.6 Å². The molecule has 0 amide bonds. The molecule has 0 atom stereocenters. The first kappa shape index (κ1) is 12.1. The van der Waals surface area contributed by atoms with Crippen LogP contribution in [0.1, 0.15) is 11.4 Å². The van der Waals surface area contributed by atoms with Gasteiger partial charge in [0.15, 0.2) is 0 Å². The molecule has 0 aromatic carbocycles. The first-order chi connectivity index (χ1) is 8.88. The second kappa shape index (κ2) is 6.36. The molecule has 4 nitrogen and oxygen atoms in total. The Labute approximate surface area is 106 Å². The van der Waals surface area contributed by atoms with E-state index in [-0.39, 0.29) is 0 Å². The Kier molecular flexibility index (Phi) is 4.26. The number of nitrogens with zero attached hydrogens (tertiary/aromatic N) is 3. The summed E-state index contributed by atoms with van der Waals surface area (Å²) in [5.74, 6) is 0.804. The summed E-state index contributed by atoms with van der Waals surface area (Å²) in [6.45, 7) is 0.778. The van der Waals surface area contributed by atoms with Crippen molar-refractivity contribution in [1.82, 2.24) is 9.97 Å². The molecule has 4 heteroatoms. The third-order valence-electron chi connectivity index (χ3n) is 2.48. The molecule has 0 unspecified atom stereocenters. The van der Waals surface area contributed by atoms with Crippen LogP contribution in [0.3, 0.4) is 0 Å². The fraction of sp³-hybridized carbons (Fsp3) is 0.214. The van der Waals surface area contributed by atoms with Gasteiger partial charge < -0.3 is 5.32 Å². The number of rotatable bonds is 5. The van der Waals surface area contributed by atoms with Crippen LogP contribution >= 0.6 is 0 Å². The van der Waals surface area contributed by atoms with Crippen LogP contribution < -0.4 is 5.32 Å². The molecule has 2 rings (SSSR count). The van der Waals surface area contributed by atoms with Gasteiger partial charge in [-0.05, 0) is 24.3 Å². The predicted molar refractivity (Wildman–Crippen MR) is 70.0 cm³/mol. The minimum absolute atomic E-state index is 0.343. The van der Waals surface area contributed by atoms with Gasteiger partial charge in [-0.1, -0.05) is 12.1 Å². The van der Waals surface area contributed by atoms with E-state index >= 15 is 0 Å². The van der Waals surface area contributed by atoms with Crippen molar-refractivity contribution in [3.8, 4) is 6.07 Å². The molecular weight excluding hydrogens is 224 g/mol. The van der Waals surface area contributed by atoms with Gasteiger partial charge in [0, 0.05) is 24.9 Å². The smallest absolute Gasteiger partial charge is 0.126 e. The van der Waals surface area contributed by atoms with Crippen LogP contribution in [-0.4, -0.2) is 16.5 Å². The van der Waals surface area contributed by atoms with Crippen molar-refractivity contribution >= 4 is 5.82 Å². The summed E-state index contributed by atoms with van der Waals surface area (Å²) in [5.41, 5.74) is 1.85. The second-order valence-corrected chi connectivity index (χ2v) is 3.85. The monoisotopic (exact) mass is 238 g/mol. The van der Waals surface area contributed by atoms with Gasteiger partial charge in [0.1, 0.15) is 5.82 Å². The Bertz CT molecular complexity index is 531. The maximum atomic E-state index is 8.62. The number of hydrogen-bond donors (Lipinski definition) is 1. The summed E-state index contributed by atoms with van der Waals surface area (Å²) >= 11 is 0. The van der Waals surface area contributed by atoms with Crippen LogP contribution in [0.15, 0.2) is 42.6 Å². The van der Waals surface area contributed by atoms with E-state index in [1.165, 1.54) is 0 Å². The minimum Gasteiger partial charge on any atom is -0.370 e. The number of anilines is 1. The second-order valence-electron chi connectivity index (χ2n) is 3.85. The van der Waals surface area contributed by atoms with E-state index in [1.54, 1.807) is 6.20 Å². The van der Waals surface area contributed by atoms with Gasteiger partial charge in [-0.3, -0.25) is 4.98 Å². The molecule has 2 aromatic heterocycles. The molecule has 0 saturated heterocycles. The average Bonchev–Trinajstić information content (AvgIpc) is 2.41. The summed E-state index contributed by atoms with van der Waals surface area (Å²) in [4.78, 5) is 8.59. The first-order valence-electron chi connectivity index (χ1n) is 5.85. The van der Waals surface area contributed by atoms with Gasteiger partial charge in [-0.15, -0.1) is 0 Å². The molecule has 2 aromatic rings. The van der Waals surface area contributed by atoms with Gasteiger partial charge >= 0.3 is 0 Å². The highest BCUT2D eigenvalue weighted by Gasteiger charge is 1.97. The van der Waals surface area contributed by atoms with Crippen LogP contribution in [0.25, 0.3) is 0 Å². The predicted octanol–water partition coefficient (Wildman–Crippen LogP) is 2.20. The fourth-order valence-corrected chi connectivity index (χ4v) is 1.62. The number of nitrogens with one attached hydrogen (secondary N) is 1. The van der Waals surface area contributed by atoms with Crippen LogP contribution in [0, 0.1) is 11.3 Å². The summed E-state index contributed by atoms with van der Waals surface area (Å²) < 4.78 is 0. The van der Waals surface area contributed by atoms with Crippen molar-refractivity contribution in [2.75, 3.05) is 11.9 Å².